The van der Waals surface area contributed by atoms with E-state index in [0.717, 1.165) is 11.1 Å². The normalized spacial score (nSPS) is 11.7. The number of nitrogens with one attached hydrogen (secondary N) is 3. The molecule has 0 aromatic heterocycles. The molecule has 0 aliphatic carbocycles. The van der Waals surface area contributed by atoms with Crippen molar-refractivity contribution in [1.29, 1.82) is 0 Å². The van der Waals surface area contributed by atoms with Crippen molar-refractivity contribution in [2.75, 3.05) is 5.32 Å². The monoisotopic (exact) mass is 371 g/mol. The van der Waals surface area contributed by atoms with E-state index in [2.05, 4.69) is 16.0 Å². The van der Waals surface area contributed by atoms with Crippen LogP contribution in [0.15, 0.2) is 48.5 Å². The zero-order valence-corrected chi connectivity index (χ0v) is 15.9. The first-order valence-corrected chi connectivity index (χ1v) is 9.00. The zero-order valence-electron chi connectivity index (χ0n) is 15.9. The standard InChI is InChI=1S/C21H26FN3O2/c1-14(2)11-19(20(26)24-18-6-4-5-17(22)12-18)25-21(27)23-13-16-9-7-15(3)8-10-16/h4-10,12,14,19H,11,13H2,1-3H3,(H,24,26)(H2,23,25,27). The van der Waals surface area contributed by atoms with Gasteiger partial charge in [-0.2, -0.15) is 0 Å². The van der Waals surface area contributed by atoms with E-state index in [9.17, 15) is 14.0 Å². The molecular weight excluding hydrogens is 345 g/mol. The highest BCUT2D eigenvalue weighted by atomic mass is 19.1. The summed E-state index contributed by atoms with van der Waals surface area (Å²) in [5.74, 6) is -0.609. The molecule has 1 unspecified atom stereocenters. The van der Waals surface area contributed by atoms with Gasteiger partial charge in [-0.15, -0.1) is 0 Å². The highest BCUT2D eigenvalue weighted by Gasteiger charge is 2.22. The average Bonchev–Trinajstić information content (AvgIpc) is 2.60. The number of amides is 3. The maximum Gasteiger partial charge on any atom is 0.315 e. The molecule has 5 nitrogen and oxygen atoms in total. The zero-order chi connectivity index (χ0) is 19.8. The van der Waals surface area contributed by atoms with Gasteiger partial charge in [0.25, 0.3) is 0 Å². The van der Waals surface area contributed by atoms with Crippen molar-refractivity contribution in [3.63, 3.8) is 0 Å². The maximum atomic E-state index is 13.3. The summed E-state index contributed by atoms with van der Waals surface area (Å²) in [5, 5.41) is 8.12. The Kier molecular flexibility index (Phi) is 7.34. The minimum atomic E-state index is -0.716. The minimum absolute atomic E-state index is 0.200. The van der Waals surface area contributed by atoms with Gasteiger partial charge >= 0.3 is 6.03 Å². The number of benzene rings is 2. The first-order valence-electron chi connectivity index (χ1n) is 9.00. The predicted molar refractivity (Wildman–Crippen MR) is 105 cm³/mol. The number of anilines is 1. The van der Waals surface area contributed by atoms with Crippen molar-refractivity contribution in [2.24, 2.45) is 5.92 Å². The van der Waals surface area contributed by atoms with Gasteiger partial charge in [0, 0.05) is 12.2 Å². The van der Waals surface area contributed by atoms with Gasteiger partial charge in [0.15, 0.2) is 0 Å². The predicted octanol–water partition coefficient (Wildman–Crippen LogP) is 3.99. The Morgan fingerprint density at radius 3 is 2.41 bits per heavy atom. The fourth-order valence-electron chi connectivity index (χ4n) is 2.60. The molecule has 2 rings (SSSR count). The number of urea groups is 1. The molecule has 0 aliphatic rings. The van der Waals surface area contributed by atoms with Gasteiger partial charge in [-0.25, -0.2) is 9.18 Å². The van der Waals surface area contributed by atoms with Crippen LogP contribution in [0.25, 0.3) is 0 Å². The van der Waals surface area contributed by atoms with Crippen LogP contribution in [0.3, 0.4) is 0 Å². The van der Waals surface area contributed by atoms with Crippen LogP contribution >= 0.6 is 0 Å². The third kappa shape index (κ3) is 7.09. The van der Waals surface area contributed by atoms with Crippen molar-refractivity contribution in [1.82, 2.24) is 10.6 Å². The van der Waals surface area contributed by atoms with Crippen LogP contribution in [0.4, 0.5) is 14.9 Å². The summed E-state index contributed by atoms with van der Waals surface area (Å²) in [4.78, 5) is 24.8. The van der Waals surface area contributed by atoms with Crippen LogP contribution < -0.4 is 16.0 Å². The summed E-state index contributed by atoms with van der Waals surface area (Å²) in [6.45, 7) is 6.30. The van der Waals surface area contributed by atoms with E-state index in [1.165, 1.54) is 18.2 Å². The Balaban J connectivity index is 1.94. The molecule has 3 N–H and O–H groups in total. The second-order valence-electron chi connectivity index (χ2n) is 6.99. The third-order valence-electron chi connectivity index (χ3n) is 3.99. The van der Waals surface area contributed by atoms with Crippen molar-refractivity contribution in [2.45, 2.75) is 39.8 Å². The topological polar surface area (TPSA) is 70.2 Å². The van der Waals surface area contributed by atoms with E-state index in [4.69, 9.17) is 0 Å². The molecule has 6 heteroatoms. The summed E-state index contributed by atoms with van der Waals surface area (Å²) in [5.41, 5.74) is 2.48. The molecule has 1 atom stereocenters. The molecule has 0 saturated heterocycles. The smallest absolute Gasteiger partial charge is 0.315 e. The quantitative estimate of drug-likeness (QED) is 0.689. The Labute approximate surface area is 159 Å². The van der Waals surface area contributed by atoms with Crippen molar-refractivity contribution >= 4 is 17.6 Å². The number of halogens is 1. The minimum Gasteiger partial charge on any atom is -0.334 e. The van der Waals surface area contributed by atoms with Crippen LogP contribution in [-0.2, 0) is 11.3 Å². The molecule has 144 valence electrons. The van der Waals surface area contributed by atoms with E-state index < -0.39 is 17.9 Å². The van der Waals surface area contributed by atoms with Gasteiger partial charge in [-0.1, -0.05) is 49.7 Å². The molecule has 3 amide bonds. The Bertz CT molecular complexity index is 775. The maximum absolute atomic E-state index is 13.3. The van der Waals surface area contributed by atoms with E-state index >= 15 is 0 Å². The molecule has 0 radical (unpaired) electrons. The van der Waals surface area contributed by atoms with Gasteiger partial charge in [0.05, 0.1) is 0 Å². The lowest BCUT2D eigenvalue weighted by molar-refractivity contribution is -0.118. The molecule has 0 fully saturated rings. The SMILES string of the molecule is Cc1ccc(CNC(=O)NC(CC(C)C)C(=O)Nc2cccc(F)c2)cc1. The average molecular weight is 371 g/mol. The number of hydrogen-bond donors (Lipinski definition) is 3. The second kappa shape index (κ2) is 9.71. The van der Waals surface area contributed by atoms with E-state index in [1.54, 1.807) is 6.07 Å². The first kappa shape index (κ1) is 20.4. The molecule has 27 heavy (non-hydrogen) atoms. The fraction of sp³-hybridized carbons (Fsp3) is 0.333. The van der Waals surface area contributed by atoms with Gasteiger partial charge in [0.2, 0.25) is 5.91 Å². The van der Waals surface area contributed by atoms with Crippen LogP contribution in [0, 0.1) is 18.7 Å². The summed E-state index contributed by atoms with van der Waals surface area (Å²) < 4.78 is 13.3. The van der Waals surface area contributed by atoms with Gasteiger partial charge in [0.1, 0.15) is 11.9 Å². The van der Waals surface area contributed by atoms with Crippen molar-refractivity contribution in [3.05, 3.63) is 65.5 Å². The second-order valence-corrected chi connectivity index (χ2v) is 6.99. The molecule has 0 spiro atoms. The number of aryl methyl sites for hydroxylation is 1. The van der Waals surface area contributed by atoms with Crippen LogP contribution in [0.2, 0.25) is 0 Å². The van der Waals surface area contributed by atoms with Crippen LogP contribution in [-0.4, -0.2) is 18.0 Å². The van der Waals surface area contributed by atoms with E-state index in [0.29, 0.717) is 18.7 Å². The molecule has 2 aromatic carbocycles. The van der Waals surface area contributed by atoms with E-state index in [-0.39, 0.29) is 11.8 Å². The molecule has 0 saturated carbocycles. The number of carbonyl (C=O) groups is 2. The lowest BCUT2D eigenvalue weighted by Crippen LogP contribution is -2.48. The van der Waals surface area contributed by atoms with E-state index in [1.807, 2.05) is 45.0 Å². The summed E-state index contributed by atoms with van der Waals surface area (Å²) in [6, 6.07) is 12.4. The van der Waals surface area contributed by atoms with Gasteiger partial charge in [-0.05, 0) is 43.0 Å². The van der Waals surface area contributed by atoms with Gasteiger partial charge in [-0.3, -0.25) is 4.79 Å². The largest absolute Gasteiger partial charge is 0.334 e. The number of hydrogen-bond acceptors (Lipinski definition) is 2. The van der Waals surface area contributed by atoms with Crippen molar-refractivity contribution in [3.8, 4) is 0 Å². The summed E-state index contributed by atoms with van der Waals surface area (Å²) in [6.07, 6.45) is 0.471. The van der Waals surface area contributed by atoms with Gasteiger partial charge < -0.3 is 16.0 Å². The third-order valence-corrected chi connectivity index (χ3v) is 3.99. The molecule has 0 bridgehead atoms. The molecule has 0 heterocycles. The first-order chi connectivity index (χ1) is 12.8. The highest BCUT2D eigenvalue weighted by Crippen LogP contribution is 2.12. The molecule has 2 aromatic rings. The molecule has 0 aliphatic heterocycles. The fourth-order valence-corrected chi connectivity index (χ4v) is 2.60. The lowest BCUT2D eigenvalue weighted by atomic mass is 10.0. The summed E-state index contributed by atoms with van der Waals surface area (Å²) >= 11 is 0. The van der Waals surface area contributed by atoms with Crippen LogP contribution in [0.1, 0.15) is 31.4 Å². The number of carbonyl (C=O) groups excluding carboxylic acids is 2. The summed E-state index contributed by atoms with van der Waals surface area (Å²) in [7, 11) is 0. The Morgan fingerprint density at radius 1 is 1.07 bits per heavy atom. The Hall–Kier alpha value is -2.89. The Morgan fingerprint density at radius 2 is 1.78 bits per heavy atom. The number of rotatable bonds is 7. The highest BCUT2D eigenvalue weighted by molar-refractivity contribution is 5.97. The lowest BCUT2D eigenvalue weighted by Gasteiger charge is -2.20. The van der Waals surface area contributed by atoms with Crippen LogP contribution in [0.5, 0.6) is 0 Å². The molecular formula is C21H26FN3O2. The van der Waals surface area contributed by atoms with Crippen molar-refractivity contribution < 1.29 is 14.0 Å².